The van der Waals surface area contributed by atoms with Crippen LogP contribution >= 0.6 is 0 Å². The largest absolute Gasteiger partial charge is 0.368 e. The number of nitrogens with zero attached hydrogens (tertiary/aromatic N) is 4. The molecule has 0 aromatic heterocycles. The first-order valence-electron chi connectivity index (χ1n) is 16.0. The first-order chi connectivity index (χ1) is 21.5. The highest BCUT2D eigenvalue weighted by Gasteiger charge is 2.47. The van der Waals surface area contributed by atoms with E-state index in [-0.39, 0.29) is 35.2 Å². The molecular formula is C34H42N6O5. The maximum atomic E-state index is 14.2. The molecule has 45 heavy (non-hydrogen) atoms. The van der Waals surface area contributed by atoms with Crippen molar-refractivity contribution in [2.45, 2.75) is 70.4 Å². The van der Waals surface area contributed by atoms with E-state index in [0.29, 0.717) is 49.9 Å². The van der Waals surface area contributed by atoms with Gasteiger partial charge in [0.2, 0.25) is 11.8 Å². The van der Waals surface area contributed by atoms with Gasteiger partial charge >= 0.3 is 0 Å². The van der Waals surface area contributed by atoms with Crippen LogP contribution in [0.2, 0.25) is 0 Å². The molecule has 2 aromatic rings. The van der Waals surface area contributed by atoms with Crippen molar-refractivity contribution in [1.29, 1.82) is 0 Å². The van der Waals surface area contributed by atoms with Gasteiger partial charge in [-0.2, -0.15) is 0 Å². The fourth-order valence-electron chi connectivity index (χ4n) is 7.79. The third kappa shape index (κ3) is 5.81. The molecular weight excluding hydrogens is 572 g/mol. The number of Topliss-reactive ketones (excluding diaryl/α,β-unsaturated/α-hetero) is 1. The molecule has 4 aliphatic rings. The summed E-state index contributed by atoms with van der Waals surface area (Å²) in [6.45, 7) is 6.53. The lowest BCUT2D eigenvalue weighted by molar-refractivity contribution is -0.384. The van der Waals surface area contributed by atoms with Crippen LogP contribution in [0.1, 0.15) is 70.4 Å². The number of ketones is 1. The van der Waals surface area contributed by atoms with Gasteiger partial charge in [0.15, 0.2) is 5.78 Å². The van der Waals surface area contributed by atoms with Crippen LogP contribution in [0.3, 0.4) is 0 Å². The zero-order chi connectivity index (χ0) is 31.9. The number of fused-ring (bicyclic) bond motifs is 1. The van der Waals surface area contributed by atoms with Gasteiger partial charge in [0.1, 0.15) is 5.54 Å². The molecule has 0 bridgehead atoms. The van der Waals surface area contributed by atoms with Crippen LogP contribution in [0.25, 0.3) is 0 Å². The van der Waals surface area contributed by atoms with Gasteiger partial charge in [-0.15, -0.1) is 0 Å². The van der Waals surface area contributed by atoms with Crippen LogP contribution in [0, 0.1) is 15.5 Å². The number of nitrogens with one attached hydrogen (secondary N) is 1. The summed E-state index contributed by atoms with van der Waals surface area (Å²) in [5, 5.41) is 15.3. The maximum Gasteiger partial charge on any atom is 0.269 e. The number of nitro benzene ring substituents is 1. The minimum absolute atomic E-state index is 0.0405. The molecule has 1 unspecified atom stereocenters. The number of hydrogen-bond acceptors (Lipinski definition) is 8. The fraction of sp³-hybridized carbons (Fsp3) is 0.500. The Hall–Kier alpha value is -4.25. The van der Waals surface area contributed by atoms with E-state index < -0.39 is 16.5 Å². The fourth-order valence-corrected chi connectivity index (χ4v) is 7.79. The Balaban J connectivity index is 1.37. The molecule has 6 rings (SSSR count). The number of piperidine rings is 2. The molecule has 1 aliphatic carbocycles. The average molecular weight is 615 g/mol. The number of para-hydroxylation sites is 2. The number of allylic oxidation sites excluding steroid dienone is 1. The van der Waals surface area contributed by atoms with Crippen LogP contribution in [-0.2, 0) is 14.4 Å². The van der Waals surface area contributed by atoms with Crippen molar-refractivity contribution in [3.63, 3.8) is 0 Å². The smallest absolute Gasteiger partial charge is 0.269 e. The normalized spacial score (nSPS) is 23.0. The van der Waals surface area contributed by atoms with Gasteiger partial charge in [-0.05, 0) is 68.3 Å². The SMILES string of the molecule is CC1(C)CC(=O)C2=C(C1)Nc1ccccc1N(CC(=O)N1CCC(C(N)=O)(N3CCCCC3)CC1)C2c1cccc([N+](=O)[O-])c1. The van der Waals surface area contributed by atoms with Crippen molar-refractivity contribution in [3.05, 3.63) is 75.5 Å². The average Bonchev–Trinajstić information content (AvgIpc) is 3.15. The van der Waals surface area contributed by atoms with Crippen LogP contribution in [0.5, 0.6) is 0 Å². The number of likely N-dealkylation sites (tertiary alicyclic amines) is 2. The number of primary amides is 1. The molecule has 0 saturated carbocycles. The summed E-state index contributed by atoms with van der Waals surface area (Å²) in [4.78, 5) is 58.3. The van der Waals surface area contributed by atoms with E-state index in [9.17, 15) is 24.5 Å². The second-order valence-electron chi connectivity index (χ2n) is 13.7. The second-order valence-corrected chi connectivity index (χ2v) is 13.7. The van der Waals surface area contributed by atoms with E-state index in [1.54, 1.807) is 17.0 Å². The maximum absolute atomic E-state index is 14.2. The van der Waals surface area contributed by atoms with Crippen molar-refractivity contribution < 1.29 is 19.3 Å². The lowest BCUT2D eigenvalue weighted by Gasteiger charge is -2.48. The van der Waals surface area contributed by atoms with Gasteiger partial charge in [-0.3, -0.25) is 29.4 Å². The number of carbonyl (C=O) groups excluding carboxylic acids is 3. The van der Waals surface area contributed by atoms with Crippen LogP contribution < -0.4 is 16.0 Å². The molecule has 2 amide bonds. The summed E-state index contributed by atoms with van der Waals surface area (Å²) >= 11 is 0. The van der Waals surface area contributed by atoms with Crippen molar-refractivity contribution in [2.24, 2.45) is 11.1 Å². The quantitative estimate of drug-likeness (QED) is 0.357. The molecule has 11 heteroatoms. The lowest BCUT2D eigenvalue weighted by Crippen LogP contribution is -2.64. The molecule has 0 radical (unpaired) electrons. The molecule has 2 aromatic carbocycles. The Kier molecular flexibility index (Phi) is 8.15. The monoisotopic (exact) mass is 614 g/mol. The van der Waals surface area contributed by atoms with Gasteiger partial charge in [-0.25, -0.2) is 0 Å². The Morgan fingerprint density at radius 1 is 1.00 bits per heavy atom. The van der Waals surface area contributed by atoms with E-state index in [1.807, 2.05) is 29.2 Å². The summed E-state index contributed by atoms with van der Waals surface area (Å²) in [6.07, 6.45) is 5.11. The van der Waals surface area contributed by atoms with Crippen LogP contribution in [0.15, 0.2) is 59.8 Å². The number of benzene rings is 2. The molecule has 2 saturated heterocycles. The highest BCUT2D eigenvalue weighted by Crippen LogP contribution is 2.48. The predicted octanol–water partition coefficient (Wildman–Crippen LogP) is 4.54. The van der Waals surface area contributed by atoms with Crippen LogP contribution in [0.4, 0.5) is 17.1 Å². The van der Waals surface area contributed by atoms with Crippen LogP contribution in [-0.4, -0.2) is 70.6 Å². The Morgan fingerprint density at radius 3 is 2.40 bits per heavy atom. The van der Waals surface area contributed by atoms with Crippen molar-refractivity contribution in [3.8, 4) is 0 Å². The Bertz CT molecular complexity index is 1550. The summed E-state index contributed by atoms with van der Waals surface area (Å²) in [5.41, 5.74) is 8.30. The van der Waals surface area contributed by atoms with Gasteiger partial charge in [0.25, 0.3) is 5.69 Å². The molecule has 238 valence electrons. The summed E-state index contributed by atoms with van der Waals surface area (Å²) in [7, 11) is 0. The molecule has 3 heterocycles. The van der Waals surface area contributed by atoms with Crippen molar-refractivity contribution >= 4 is 34.7 Å². The van der Waals surface area contributed by atoms with E-state index in [4.69, 9.17) is 5.73 Å². The first kappa shape index (κ1) is 30.8. The van der Waals surface area contributed by atoms with Gasteiger partial charge < -0.3 is 20.9 Å². The molecule has 11 nitrogen and oxygen atoms in total. The molecule has 2 fully saturated rings. The Morgan fingerprint density at radius 2 is 1.71 bits per heavy atom. The number of nitro groups is 1. The van der Waals surface area contributed by atoms with E-state index in [0.717, 1.165) is 49.4 Å². The number of hydrogen-bond donors (Lipinski definition) is 2. The highest BCUT2D eigenvalue weighted by atomic mass is 16.6. The van der Waals surface area contributed by atoms with E-state index >= 15 is 0 Å². The minimum Gasteiger partial charge on any atom is -0.368 e. The molecule has 3 N–H and O–H groups in total. The zero-order valence-electron chi connectivity index (χ0n) is 26.1. The van der Waals surface area contributed by atoms with Crippen molar-refractivity contribution in [1.82, 2.24) is 9.80 Å². The number of nitrogens with two attached hydrogens (primary N) is 1. The van der Waals surface area contributed by atoms with Gasteiger partial charge in [0.05, 0.1) is 28.9 Å². The predicted molar refractivity (Wildman–Crippen MR) is 171 cm³/mol. The molecule has 3 aliphatic heterocycles. The minimum atomic E-state index is -0.747. The first-order valence-corrected chi connectivity index (χ1v) is 16.0. The number of rotatable bonds is 6. The Labute approximate surface area is 263 Å². The summed E-state index contributed by atoms with van der Waals surface area (Å²) < 4.78 is 0. The van der Waals surface area contributed by atoms with Gasteiger partial charge in [0, 0.05) is 42.9 Å². The number of amides is 2. The summed E-state index contributed by atoms with van der Waals surface area (Å²) in [6, 6.07) is 13.3. The topological polar surface area (TPSA) is 142 Å². The number of anilines is 2. The van der Waals surface area contributed by atoms with E-state index in [1.165, 1.54) is 12.1 Å². The third-order valence-electron chi connectivity index (χ3n) is 10.1. The third-order valence-corrected chi connectivity index (χ3v) is 10.1. The summed E-state index contributed by atoms with van der Waals surface area (Å²) in [5.74, 6) is -0.501. The lowest BCUT2D eigenvalue weighted by atomic mass is 9.73. The van der Waals surface area contributed by atoms with Crippen molar-refractivity contribution in [2.75, 3.05) is 42.9 Å². The zero-order valence-corrected chi connectivity index (χ0v) is 26.1. The second kappa shape index (κ2) is 11.9. The van der Waals surface area contributed by atoms with Gasteiger partial charge in [-0.1, -0.05) is 44.5 Å². The van der Waals surface area contributed by atoms with E-state index in [2.05, 4.69) is 24.1 Å². The molecule has 1 atom stereocenters. The highest BCUT2D eigenvalue weighted by molar-refractivity contribution is 6.02. The number of non-ortho nitro benzene ring substituents is 1. The number of carbonyl (C=O) groups is 3. The standard InChI is InChI=1S/C34H42N6O5/c1-33(2)20-26-30(28(41)21-33)31(23-9-8-10-24(19-23)40(44)45)39(27-12-5-4-11-25(27)36-26)22-29(42)37-17-13-34(14-18-37,32(35)43)38-15-6-3-7-16-38/h4-5,8-12,19,31,36H,3,6-7,13-18,20-22H2,1-2H3,(H2,35,43). The molecule has 0 spiro atoms.